The van der Waals surface area contributed by atoms with Crippen molar-refractivity contribution >= 4 is 5.91 Å². The number of hydrogen-bond donors (Lipinski definition) is 0. The van der Waals surface area contributed by atoms with E-state index in [0.717, 1.165) is 32.1 Å². The highest BCUT2D eigenvalue weighted by atomic mass is 19.1. The lowest BCUT2D eigenvalue weighted by atomic mass is 9.79. The third-order valence-corrected chi connectivity index (χ3v) is 5.86. The fourth-order valence-electron chi connectivity index (χ4n) is 4.48. The molecule has 0 radical (unpaired) electrons. The molecule has 2 aliphatic rings. The molecule has 26 heavy (non-hydrogen) atoms. The number of hydrogen-bond acceptors (Lipinski definition) is 2. The van der Waals surface area contributed by atoms with Crippen LogP contribution in [0.3, 0.4) is 0 Å². The quantitative estimate of drug-likeness (QED) is 0.824. The smallest absolute Gasteiger partial charge is 0.260 e. The molecule has 5 heteroatoms. The van der Waals surface area contributed by atoms with Crippen molar-refractivity contribution in [3.8, 4) is 0 Å². The number of halogens is 1. The Kier molecular flexibility index (Phi) is 4.55. The second-order valence-corrected chi connectivity index (χ2v) is 7.69. The average Bonchev–Trinajstić information content (AvgIpc) is 3.44. The monoisotopic (exact) mass is 355 g/mol. The van der Waals surface area contributed by atoms with E-state index in [4.69, 9.17) is 0 Å². The second kappa shape index (κ2) is 6.86. The third kappa shape index (κ3) is 3.04. The molecule has 2 atom stereocenters. The van der Waals surface area contributed by atoms with Crippen LogP contribution in [0, 0.1) is 12.9 Å². The zero-order valence-electron chi connectivity index (χ0n) is 15.5. The first-order valence-electron chi connectivity index (χ1n) is 9.64. The summed E-state index contributed by atoms with van der Waals surface area (Å²) < 4.78 is 15.7. The first-order valence-corrected chi connectivity index (χ1v) is 9.64. The van der Waals surface area contributed by atoms with Crippen molar-refractivity contribution in [1.82, 2.24) is 14.7 Å². The fraction of sp³-hybridized carbons (Fsp3) is 0.524. The standard InChI is InChI=1S/C21H26FN3O/c1-14-19(20(22)24(2)23-14)21(26)25(16-12-13-16)18-11-7-6-10-17(18)15-8-4-3-5-9-15/h3-5,8-9,16-18H,6-7,10-13H2,1-2H3/t17-,18-/m1/s1. The van der Waals surface area contributed by atoms with Gasteiger partial charge in [0.2, 0.25) is 5.95 Å². The first-order chi connectivity index (χ1) is 12.6. The molecule has 1 aromatic heterocycles. The van der Waals surface area contributed by atoms with E-state index in [1.807, 2.05) is 11.0 Å². The summed E-state index contributed by atoms with van der Waals surface area (Å²) in [4.78, 5) is 15.4. The maximum absolute atomic E-state index is 14.6. The van der Waals surface area contributed by atoms with Gasteiger partial charge in [0.15, 0.2) is 0 Å². The van der Waals surface area contributed by atoms with Gasteiger partial charge >= 0.3 is 0 Å². The van der Waals surface area contributed by atoms with Crippen molar-refractivity contribution in [2.75, 3.05) is 0 Å². The molecule has 4 rings (SSSR count). The Morgan fingerprint density at radius 1 is 1.15 bits per heavy atom. The van der Waals surface area contributed by atoms with E-state index in [2.05, 4.69) is 29.4 Å². The van der Waals surface area contributed by atoms with Gasteiger partial charge in [-0.25, -0.2) is 4.68 Å². The number of aryl methyl sites for hydroxylation is 2. The summed E-state index contributed by atoms with van der Waals surface area (Å²) in [5, 5.41) is 4.11. The van der Waals surface area contributed by atoms with Crippen LogP contribution in [0.2, 0.25) is 0 Å². The molecule has 2 saturated carbocycles. The van der Waals surface area contributed by atoms with Crippen LogP contribution in [-0.2, 0) is 7.05 Å². The lowest BCUT2D eigenvalue weighted by Gasteiger charge is -2.40. The Bertz CT molecular complexity index is 797. The lowest BCUT2D eigenvalue weighted by Crippen LogP contribution is -2.47. The van der Waals surface area contributed by atoms with Gasteiger partial charge in [0.1, 0.15) is 5.56 Å². The van der Waals surface area contributed by atoms with Crippen molar-refractivity contribution < 1.29 is 9.18 Å². The highest BCUT2D eigenvalue weighted by molar-refractivity contribution is 5.96. The van der Waals surface area contributed by atoms with E-state index in [1.54, 1.807) is 14.0 Å². The minimum Gasteiger partial charge on any atom is -0.332 e. The number of nitrogens with zero attached hydrogens (tertiary/aromatic N) is 3. The van der Waals surface area contributed by atoms with E-state index in [-0.39, 0.29) is 23.6 Å². The highest BCUT2D eigenvalue weighted by Crippen LogP contribution is 2.41. The number of benzene rings is 1. The van der Waals surface area contributed by atoms with Crippen molar-refractivity contribution in [3.63, 3.8) is 0 Å². The van der Waals surface area contributed by atoms with Crippen molar-refractivity contribution in [3.05, 3.63) is 53.1 Å². The molecule has 0 spiro atoms. The van der Waals surface area contributed by atoms with E-state index in [9.17, 15) is 9.18 Å². The molecule has 0 aliphatic heterocycles. The molecule has 1 aromatic carbocycles. The number of aromatic nitrogens is 2. The molecule has 138 valence electrons. The van der Waals surface area contributed by atoms with E-state index < -0.39 is 5.95 Å². The summed E-state index contributed by atoms with van der Waals surface area (Å²) in [5.74, 6) is -0.372. The SMILES string of the molecule is Cc1nn(C)c(F)c1C(=O)N(C1CC1)[C@@H]1CCCC[C@@H]1c1ccccc1. The second-order valence-electron chi connectivity index (χ2n) is 7.69. The minimum absolute atomic E-state index is 0.144. The van der Waals surface area contributed by atoms with Crippen molar-refractivity contribution in [2.24, 2.45) is 7.05 Å². The Balaban J connectivity index is 1.70. The van der Waals surface area contributed by atoms with Gasteiger partial charge in [-0.3, -0.25) is 4.79 Å². The Labute approximate surface area is 154 Å². The van der Waals surface area contributed by atoms with Gasteiger partial charge in [-0.15, -0.1) is 0 Å². The van der Waals surface area contributed by atoms with Crippen LogP contribution in [-0.4, -0.2) is 32.7 Å². The normalized spacial score (nSPS) is 23.0. The third-order valence-electron chi connectivity index (χ3n) is 5.86. The van der Waals surface area contributed by atoms with Crippen LogP contribution in [0.15, 0.2) is 30.3 Å². The predicted molar refractivity (Wildman–Crippen MR) is 98.5 cm³/mol. The first kappa shape index (κ1) is 17.3. The Morgan fingerprint density at radius 2 is 1.85 bits per heavy atom. The maximum atomic E-state index is 14.6. The molecule has 2 fully saturated rings. The number of carbonyl (C=O) groups excluding carboxylic acids is 1. The molecule has 4 nitrogen and oxygen atoms in total. The average molecular weight is 355 g/mol. The van der Waals surface area contributed by atoms with E-state index in [0.29, 0.717) is 11.6 Å². The lowest BCUT2D eigenvalue weighted by molar-refractivity contribution is 0.0573. The van der Waals surface area contributed by atoms with Gasteiger partial charge in [-0.05, 0) is 38.2 Å². The van der Waals surface area contributed by atoms with Crippen molar-refractivity contribution in [2.45, 2.75) is 63.5 Å². The topological polar surface area (TPSA) is 38.1 Å². The number of rotatable bonds is 4. The Hall–Kier alpha value is -2.17. The summed E-state index contributed by atoms with van der Waals surface area (Å²) in [6.45, 7) is 1.72. The molecule has 2 aliphatic carbocycles. The molecule has 1 heterocycles. The van der Waals surface area contributed by atoms with Crippen LogP contribution in [0.25, 0.3) is 0 Å². The minimum atomic E-state index is -0.523. The summed E-state index contributed by atoms with van der Waals surface area (Å²) in [6.07, 6.45) is 6.42. The molecular formula is C21H26FN3O. The van der Waals surface area contributed by atoms with Gasteiger partial charge in [-0.2, -0.15) is 9.49 Å². The van der Waals surface area contributed by atoms with Crippen LogP contribution in [0.1, 0.15) is 66.1 Å². The highest BCUT2D eigenvalue weighted by Gasteiger charge is 2.43. The molecule has 2 aromatic rings. The summed E-state index contributed by atoms with van der Waals surface area (Å²) in [6, 6.07) is 10.9. The zero-order chi connectivity index (χ0) is 18.3. The molecule has 0 saturated heterocycles. The summed E-state index contributed by atoms with van der Waals surface area (Å²) >= 11 is 0. The largest absolute Gasteiger partial charge is 0.332 e. The van der Waals surface area contributed by atoms with Crippen LogP contribution < -0.4 is 0 Å². The van der Waals surface area contributed by atoms with Gasteiger partial charge in [0.05, 0.1) is 5.69 Å². The predicted octanol–water partition coefficient (Wildman–Crippen LogP) is 4.20. The summed E-state index contributed by atoms with van der Waals surface area (Å²) in [7, 11) is 1.55. The maximum Gasteiger partial charge on any atom is 0.260 e. The molecule has 1 amide bonds. The zero-order valence-corrected chi connectivity index (χ0v) is 15.5. The van der Waals surface area contributed by atoms with E-state index >= 15 is 0 Å². The molecule has 0 N–H and O–H groups in total. The van der Waals surface area contributed by atoms with Gasteiger partial charge in [-0.1, -0.05) is 43.2 Å². The molecule has 0 bridgehead atoms. The fourth-order valence-corrected chi connectivity index (χ4v) is 4.48. The van der Waals surface area contributed by atoms with Crippen LogP contribution in [0.4, 0.5) is 4.39 Å². The Morgan fingerprint density at radius 3 is 2.46 bits per heavy atom. The number of amides is 1. The molecular weight excluding hydrogens is 329 g/mol. The van der Waals surface area contributed by atoms with Crippen LogP contribution in [0.5, 0.6) is 0 Å². The van der Waals surface area contributed by atoms with E-state index in [1.165, 1.54) is 16.7 Å². The number of carbonyl (C=O) groups is 1. The van der Waals surface area contributed by atoms with Crippen molar-refractivity contribution in [1.29, 1.82) is 0 Å². The summed E-state index contributed by atoms with van der Waals surface area (Å²) in [5.41, 5.74) is 1.92. The van der Waals surface area contributed by atoms with Gasteiger partial charge < -0.3 is 4.90 Å². The van der Waals surface area contributed by atoms with Gasteiger partial charge in [0.25, 0.3) is 5.91 Å². The van der Waals surface area contributed by atoms with Crippen LogP contribution >= 0.6 is 0 Å². The van der Waals surface area contributed by atoms with Gasteiger partial charge in [0, 0.05) is 25.0 Å². The molecule has 0 unspecified atom stereocenters.